The summed E-state index contributed by atoms with van der Waals surface area (Å²) in [6, 6.07) is 2.49. The maximum atomic E-state index is 4.52. The number of rotatable bonds is 4. The van der Waals surface area contributed by atoms with Crippen LogP contribution in [0.25, 0.3) is 0 Å². The van der Waals surface area contributed by atoms with E-state index in [0.29, 0.717) is 12.0 Å². The van der Waals surface area contributed by atoms with Crippen LogP contribution in [0.1, 0.15) is 43.1 Å². The Morgan fingerprint density at radius 2 is 2.17 bits per heavy atom. The molecule has 1 aliphatic carbocycles. The fourth-order valence-corrected chi connectivity index (χ4v) is 4.23. The minimum absolute atomic E-state index is 0.331. The molecule has 2 aromatic rings. The van der Waals surface area contributed by atoms with E-state index >= 15 is 0 Å². The molecule has 2 unspecified atom stereocenters. The van der Waals surface area contributed by atoms with Gasteiger partial charge in [0.15, 0.2) is 0 Å². The molecule has 0 bridgehead atoms. The van der Waals surface area contributed by atoms with E-state index in [9.17, 15) is 0 Å². The van der Waals surface area contributed by atoms with Crippen LogP contribution in [0.5, 0.6) is 0 Å². The summed E-state index contributed by atoms with van der Waals surface area (Å²) in [5, 5.41) is 9.00. The quantitative estimate of drug-likeness (QED) is 0.747. The first kappa shape index (κ1) is 15.8. The van der Waals surface area contributed by atoms with Gasteiger partial charge in [0, 0.05) is 36.9 Å². The fraction of sp³-hybridized carbons (Fsp3) is 0.500. The van der Waals surface area contributed by atoms with E-state index < -0.39 is 0 Å². The summed E-state index contributed by atoms with van der Waals surface area (Å²) >= 11 is 3.53. The average Bonchev–Trinajstić information content (AvgIpc) is 3.30. The smallest absolute Gasteiger partial charge is 0.227 e. The molecule has 0 radical (unpaired) electrons. The molecule has 24 heavy (non-hydrogen) atoms. The zero-order chi connectivity index (χ0) is 16.5. The topological polar surface area (TPSA) is 46.8 Å². The van der Waals surface area contributed by atoms with Crippen molar-refractivity contribution in [2.75, 3.05) is 11.4 Å². The fourth-order valence-electron chi connectivity index (χ4n) is 3.84. The Morgan fingerprint density at radius 3 is 2.96 bits per heavy atom. The first-order valence-electron chi connectivity index (χ1n) is 8.64. The van der Waals surface area contributed by atoms with Crippen LogP contribution in [0.3, 0.4) is 0 Å². The molecule has 1 fully saturated rings. The maximum Gasteiger partial charge on any atom is 0.227 e. The molecule has 0 aromatic carbocycles. The van der Waals surface area contributed by atoms with E-state index in [-0.39, 0.29) is 0 Å². The number of pyridine rings is 1. The van der Waals surface area contributed by atoms with Gasteiger partial charge in [-0.05, 0) is 59.2 Å². The SMILES string of the molecule is Cn1c(CC2C=CCC2)nnc1N1CCCC1c1cncc(Br)c1. The number of halogens is 1. The molecule has 0 saturated carbocycles. The van der Waals surface area contributed by atoms with Crippen LogP contribution in [0, 0.1) is 5.92 Å². The van der Waals surface area contributed by atoms with Gasteiger partial charge >= 0.3 is 0 Å². The molecule has 126 valence electrons. The summed E-state index contributed by atoms with van der Waals surface area (Å²) in [4.78, 5) is 6.71. The molecule has 2 aromatic heterocycles. The summed E-state index contributed by atoms with van der Waals surface area (Å²) in [5.74, 6) is 2.68. The van der Waals surface area contributed by atoms with Gasteiger partial charge in [-0.25, -0.2) is 0 Å². The van der Waals surface area contributed by atoms with Crippen LogP contribution in [0.2, 0.25) is 0 Å². The zero-order valence-electron chi connectivity index (χ0n) is 13.9. The molecular weight excluding hydrogens is 366 g/mol. The van der Waals surface area contributed by atoms with Crippen molar-refractivity contribution in [3.8, 4) is 0 Å². The van der Waals surface area contributed by atoms with Gasteiger partial charge in [0.25, 0.3) is 0 Å². The maximum absolute atomic E-state index is 4.52. The molecule has 6 heteroatoms. The summed E-state index contributed by atoms with van der Waals surface area (Å²) < 4.78 is 3.20. The monoisotopic (exact) mass is 387 g/mol. The molecule has 0 spiro atoms. The van der Waals surface area contributed by atoms with Crippen molar-refractivity contribution in [1.82, 2.24) is 19.7 Å². The lowest BCUT2D eigenvalue weighted by Gasteiger charge is -2.25. The first-order valence-corrected chi connectivity index (χ1v) is 9.43. The third-order valence-electron chi connectivity index (χ3n) is 5.12. The normalized spacial score (nSPS) is 23.3. The van der Waals surface area contributed by atoms with Crippen molar-refractivity contribution < 1.29 is 0 Å². The first-order chi connectivity index (χ1) is 11.7. The van der Waals surface area contributed by atoms with Gasteiger partial charge in [-0.2, -0.15) is 0 Å². The Balaban J connectivity index is 1.58. The van der Waals surface area contributed by atoms with Gasteiger partial charge < -0.3 is 9.47 Å². The second-order valence-corrected chi connectivity index (χ2v) is 7.65. The molecule has 1 saturated heterocycles. The number of allylic oxidation sites excluding steroid dienone is 2. The summed E-state index contributed by atoms with van der Waals surface area (Å²) in [5.41, 5.74) is 1.24. The highest BCUT2D eigenvalue weighted by molar-refractivity contribution is 9.10. The molecular formula is C18H22BrN5. The second kappa shape index (κ2) is 6.67. The van der Waals surface area contributed by atoms with Gasteiger partial charge in [0.1, 0.15) is 5.82 Å². The Hall–Kier alpha value is -1.69. The van der Waals surface area contributed by atoms with Crippen molar-refractivity contribution in [3.63, 3.8) is 0 Å². The van der Waals surface area contributed by atoms with Crippen molar-refractivity contribution in [1.29, 1.82) is 0 Å². The Morgan fingerprint density at radius 1 is 1.25 bits per heavy atom. The van der Waals surface area contributed by atoms with Crippen LogP contribution in [-0.2, 0) is 13.5 Å². The third-order valence-corrected chi connectivity index (χ3v) is 5.55. The van der Waals surface area contributed by atoms with Crippen LogP contribution in [0.4, 0.5) is 5.95 Å². The molecule has 0 amide bonds. The van der Waals surface area contributed by atoms with Gasteiger partial charge in [-0.15, -0.1) is 10.2 Å². The summed E-state index contributed by atoms with van der Waals surface area (Å²) in [6.07, 6.45) is 14.1. The standard InChI is InChI=1S/C18H22BrN5/c1-23-17(9-13-5-2-3-6-13)21-22-18(23)24-8-4-7-16(24)14-10-15(19)12-20-11-14/h2,5,10-13,16H,3-4,6-9H2,1H3. The molecule has 3 heterocycles. The Labute approximate surface area is 150 Å². The molecule has 1 aliphatic heterocycles. The van der Waals surface area contributed by atoms with Gasteiger partial charge in [0.05, 0.1) is 6.04 Å². The lowest BCUT2D eigenvalue weighted by atomic mass is 10.1. The van der Waals surface area contributed by atoms with E-state index in [1.54, 1.807) is 0 Å². The van der Waals surface area contributed by atoms with E-state index in [0.717, 1.165) is 35.6 Å². The lowest BCUT2D eigenvalue weighted by molar-refractivity contribution is 0.589. The van der Waals surface area contributed by atoms with E-state index in [1.165, 1.54) is 24.8 Å². The highest BCUT2D eigenvalue weighted by atomic mass is 79.9. The summed E-state index contributed by atoms with van der Waals surface area (Å²) in [7, 11) is 2.10. The lowest BCUT2D eigenvalue weighted by Crippen LogP contribution is -2.26. The van der Waals surface area contributed by atoms with Crippen LogP contribution < -0.4 is 4.90 Å². The zero-order valence-corrected chi connectivity index (χ0v) is 15.5. The highest BCUT2D eigenvalue weighted by Crippen LogP contribution is 2.36. The number of hydrogen-bond acceptors (Lipinski definition) is 4. The van der Waals surface area contributed by atoms with Crippen molar-refractivity contribution in [2.45, 2.75) is 38.1 Å². The average molecular weight is 388 g/mol. The molecule has 5 nitrogen and oxygen atoms in total. The minimum atomic E-state index is 0.331. The number of nitrogens with zero attached hydrogens (tertiary/aromatic N) is 5. The predicted octanol–water partition coefficient (Wildman–Crippen LogP) is 3.82. The molecule has 0 N–H and O–H groups in total. The van der Waals surface area contributed by atoms with E-state index in [1.807, 2.05) is 12.4 Å². The minimum Gasteiger partial charge on any atom is -0.334 e. The number of anilines is 1. The van der Waals surface area contributed by atoms with Crippen LogP contribution in [-0.4, -0.2) is 26.3 Å². The molecule has 2 aliphatic rings. The second-order valence-electron chi connectivity index (χ2n) is 6.73. The molecule has 4 rings (SSSR count). The van der Waals surface area contributed by atoms with Gasteiger partial charge in [-0.3, -0.25) is 4.98 Å². The van der Waals surface area contributed by atoms with E-state index in [4.69, 9.17) is 0 Å². The molecule has 2 atom stereocenters. The van der Waals surface area contributed by atoms with Crippen LogP contribution in [0.15, 0.2) is 35.1 Å². The largest absolute Gasteiger partial charge is 0.334 e. The number of aromatic nitrogens is 4. The van der Waals surface area contributed by atoms with Gasteiger partial charge in [0.2, 0.25) is 5.95 Å². The van der Waals surface area contributed by atoms with Crippen molar-refractivity contribution in [3.05, 3.63) is 46.5 Å². The van der Waals surface area contributed by atoms with Crippen molar-refractivity contribution in [2.24, 2.45) is 13.0 Å². The Bertz CT molecular complexity index is 754. The third kappa shape index (κ3) is 2.99. The highest BCUT2D eigenvalue weighted by Gasteiger charge is 2.30. The van der Waals surface area contributed by atoms with Gasteiger partial charge in [-0.1, -0.05) is 12.2 Å². The predicted molar refractivity (Wildman–Crippen MR) is 97.8 cm³/mol. The number of hydrogen-bond donors (Lipinski definition) is 0. The summed E-state index contributed by atoms with van der Waals surface area (Å²) in [6.45, 7) is 1.02. The van der Waals surface area contributed by atoms with E-state index in [2.05, 4.69) is 65.8 Å². The van der Waals surface area contributed by atoms with Crippen LogP contribution >= 0.6 is 15.9 Å². The Kier molecular flexibility index (Phi) is 4.39. The van der Waals surface area contributed by atoms with Crippen molar-refractivity contribution >= 4 is 21.9 Å².